The summed E-state index contributed by atoms with van der Waals surface area (Å²) in [5.74, 6) is 1.88. The Morgan fingerprint density at radius 1 is 0.365 bits per heavy atom. The summed E-state index contributed by atoms with van der Waals surface area (Å²) in [5, 5.41) is 10.2. The summed E-state index contributed by atoms with van der Waals surface area (Å²) < 4.78 is 11.6. The van der Waals surface area contributed by atoms with Crippen molar-refractivity contribution in [2.75, 3.05) is 0 Å². The zero-order valence-electron chi connectivity index (χ0n) is 28.3. The van der Waals surface area contributed by atoms with Crippen molar-refractivity contribution >= 4 is 72.4 Å². The van der Waals surface area contributed by atoms with Gasteiger partial charge in [0.2, 0.25) is 0 Å². The third-order valence-corrected chi connectivity index (χ3v) is 15.9. The number of hydrogen-bond acceptors (Lipinski definition) is 1. The number of para-hydroxylation sites is 6. The maximum absolute atomic E-state index is 6.66. The molecule has 0 atom stereocenters. The van der Waals surface area contributed by atoms with E-state index in [9.17, 15) is 0 Å². The Kier molecular flexibility index (Phi) is 6.27. The van der Waals surface area contributed by atoms with Crippen molar-refractivity contribution in [3.63, 3.8) is 0 Å². The first kappa shape index (κ1) is 29.1. The SMILES string of the molecule is c1ccc(-n2c3ccccc3c3cccc(-n4c5ccccc5c5ccc([Si]6(c7ccccc7)c7ccccc7Oc7ccccc76)cc54)c32)cc1. The molecule has 52 heavy (non-hydrogen) atoms. The number of hydrogen-bond donors (Lipinski definition) is 0. The maximum Gasteiger partial charge on any atom is 0.188 e. The smallest absolute Gasteiger partial charge is 0.188 e. The van der Waals surface area contributed by atoms with Gasteiger partial charge in [-0.05, 0) is 69.3 Å². The number of rotatable bonds is 4. The van der Waals surface area contributed by atoms with E-state index >= 15 is 0 Å². The molecule has 2 aromatic heterocycles. The normalized spacial score (nSPS) is 13.3. The largest absolute Gasteiger partial charge is 0.458 e. The molecule has 10 aromatic rings. The van der Waals surface area contributed by atoms with E-state index in [0.717, 1.165) is 22.9 Å². The molecule has 0 saturated carbocycles. The average molecular weight is 681 g/mol. The molecule has 0 N–H and O–H groups in total. The summed E-state index contributed by atoms with van der Waals surface area (Å²) in [5.41, 5.74) is 7.08. The van der Waals surface area contributed by atoms with Crippen LogP contribution in [-0.2, 0) is 0 Å². The molecule has 0 radical (unpaired) electrons. The summed E-state index contributed by atoms with van der Waals surface area (Å²) in [6, 6.07) is 71.0. The maximum atomic E-state index is 6.66. The predicted octanol–water partition coefficient (Wildman–Crippen LogP) is 9.36. The fraction of sp³-hybridized carbons (Fsp3) is 0. The first-order valence-electron chi connectivity index (χ1n) is 17.9. The summed E-state index contributed by atoms with van der Waals surface area (Å²) in [6.07, 6.45) is 0. The van der Waals surface area contributed by atoms with E-state index in [1.54, 1.807) is 0 Å². The highest BCUT2D eigenvalue weighted by Crippen LogP contribution is 2.40. The molecule has 0 saturated heterocycles. The van der Waals surface area contributed by atoms with Crippen LogP contribution in [-0.4, -0.2) is 17.2 Å². The molecule has 0 fully saturated rings. The first-order chi connectivity index (χ1) is 25.8. The molecule has 1 aliphatic heterocycles. The van der Waals surface area contributed by atoms with Gasteiger partial charge in [0.05, 0.1) is 27.8 Å². The minimum atomic E-state index is -2.85. The molecular weight excluding hydrogens is 649 g/mol. The van der Waals surface area contributed by atoms with Gasteiger partial charge < -0.3 is 13.9 Å². The van der Waals surface area contributed by atoms with Gasteiger partial charge in [-0.2, -0.15) is 0 Å². The van der Waals surface area contributed by atoms with Crippen molar-refractivity contribution < 1.29 is 4.74 Å². The molecule has 0 unspecified atom stereocenters. The van der Waals surface area contributed by atoms with Crippen molar-refractivity contribution in [1.82, 2.24) is 9.13 Å². The second kappa shape index (κ2) is 11.2. The molecule has 0 aliphatic carbocycles. The molecule has 0 spiro atoms. The Morgan fingerprint density at radius 2 is 0.904 bits per heavy atom. The molecule has 0 bridgehead atoms. The van der Waals surface area contributed by atoms with Gasteiger partial charge in [0.25, 0.3) is 0 Å². The van der Waals surface area contributed by atoms with E-state index in [0.29, 0.717) is 0 Å². The average Bonchev–Trinajstić information content (AvgIpc) is 3.73. The fourth-order valence-electron chi connectivity index (χ4n) is 8.96. The second-order valence-corrected chi connectivity index (χ2v) is 17.4. The summed E-state index contributed by atoms with van der Waals surface area (Å²) >= 11 is 0. The van der Waals surface area contributed by atoms with Crippen LogP contribution >= 0.6 is 0 Å². The van der Waals surface area contributed by atoms with E-state index in [-0.39, 0.29) is 0 Å². The van der Waals surface area contributed by atoms with Gasteiger partial charge in [-0.1, -0.05) is 146 Å². The van der Waals surface area contributed by atoms with E-state index in [1.165, 1.54) is 64.4 Å². The fourth-order valence-corrected chi connectivity index (χ4v) is 13.9. The number of aromatic nitrogens is 2. The molecule has 11 rings (SSSR count). The minimum Gasteiger partial charge on any atom is -0.458 e. The Bertz CT molecular complexity index is 2950. The Labute approximate surface area is 302 Å². The highest BCUT2D eigenvalue weighted by Gasteiger charge is 2.48. The van der Waals surface area contributed by atoms with E-state index in [2.05, 4.69) is 203 Å². The predicted molar refractivity (Wildman–Crippen MR) is 219 cm³/mol. The highest BCUT2D eigenvalue weighted by atomic mass is 28.3. The highest BCUT2D eigenvalue weighted by molar-refractivity contribution is 7.20. The Morgan fingerprint density at radius 3 is 1.62 bits per heavy atom. The second-order valence-electron chi connectivity index (χ2n) is 13.7. The lowest BCUT2D eigenvalue weighted by molar-refractivity contribution is 0.487. The molecule has 0 amide bonds. The summed E-state index contributed by atoms with van der Waals surface area (Å²) in [7, 11) is -2.85. The van der Waals surface area contributed by atoms with Crippen LogP contribution in [0.15, 0.2) is 194 Å². The summed E-state index contributed by atoms with van der Waals surface area (Å²) in [6.45, 7) is 0. The van der Waals surface area contributed by atoms with Gasteiger partial charge in [-0.25, -0.2) is 0 Å². The lowest BCUT2D eigenvalue weighted by Crippen LogP contribution is -2.76. The van der Waals surface area contributed by atoms with Crippen LogP contribution in [0, 0.1) is 0 Å². The van der Waals surface area contributed by atoms with Crippen LogP contribution in [0.3, 0.4) is 0 Å². The standard InChI is InChI=1S/C48H32N2OSi/c1-3-16-33(17-4-1)49-40-23-9-8-21-37(40)39-22-15-25-42(48(39)49)50-41-24-10-7-20-36(41)38-31-30-35(32-43(38)50)52(34-18-5-2-6-19-34)46-28-13-11-26-44(46)51-45-27-12-14-29-47(45)52/h1-32H. The van der Waals surface area contributed by atoms with Crippen LogP contribution in [0.25, 0.3) is 55.0 Å². The van der Waals surface area contributed by atoms with Crippen LogP contribution in [0.4, 0.5) is 0 Å². The molecular formula is C48H32N2OSi. The van der Waals surface area contributed by atoms with Crippen molar-refractivity contribution in [2.45, 2.75) is 0 Å². The van der Waals surface area contributed by atoms with Crippen LogP contribution < -0.4 is 25.5 Å². The molecule has 1 aliphatic rings. The molecule has 244 valence electrons. The lowest BCUT2D eigenvalue weighted by atomic mass is 10.1. The zero-order valence-corrected chi connectivity index (χ0v) is 29.3. The Hall–Kier alpha value is -6.62. The number of ether oxygens (including phenoxy) is 1. The molecule has 3 heterocycles. The zero-order chi connectivity index (χ0) is 34.2. The minimum absolute atomic E-state index is 0.939. The first-order valence-corrected chi connectivity index (χ1v) is 19.9. The van der Waals surface area contributed by atoms with Gasteiger partial charge in [0.15, 0.2) is 8.07 Å². The third kappa shape index (κ3) is 3.95. The number of nitrogens with zero attached hydrogens (tertiary/aromatic N) is 2. The molecule has 4 heteroatoms. The van der Waals surface area contributed by atoms with E-state index in [1.807, 2.05) is 0 Å². The van der Waals surface area contributed by atoms with Crippen molar-refractivity contribution in [1.29, 1.82) is 0 Å². The van der Waals surface area contributed by atoms with Gasteiger partial charge in [0.1, 0.15) is 11.5 Å². The lowest BCUT2D eigenvalue weighted by Gasteiger charge is -2.39. The van der Waals surface area contributed by atoms with Crippen LogP contribution in [0.5, 0.6) is 11.5 Å². The van der Waals surface area contributed by atoms with Gasteiger partial charge in [-0.15, -0.1) is 0 Å². The molecule has 8 aromatic carbocycles. The number of fused-ring (bicyclic) bond motifs is 8. The van der Waals surface area contributed by atoms with Crippen molar-refractivity contribution in [3.05, 3.63) is 194 Å². The van der Waals surface area contributed by atoms with Crippen LogP contribution in [0.1, 0.15) is 0 Å². The topological polar surface area (TPSA) is 19.1 Å². The van der Waals surface area contributed by atoms with E-state index in [4.69, 9.17) is 4.74 Å². The van der Waals surface area contributed by atoms with Crippen molar-refractivity contribution in [3.8, 4) is 22.9 Å². The summed E-state index contributed by atoms with van der Waals surface area (Å²) in [4.78, 5) is 0. The quantitative estimate of drug-likeness (QED) is 0.170. The van der Waals surface area contributed by atoms with Crippen LogP contribution in [0.2, 0.25) is 0 Å². The van der Waals surface area contributed by atoms with E-state index < -0.39 is 8.07 Å². The van der Waals surface area contributed by atoms with Gasteiger partial charge >= 0.3 is 0 Å². The monoisotopic (exact) mass is 680 g/mol. The van der Waals surface area contributed by atoms with Gasteiger partial charge in [0, 0.05) is 27.2 Å². The third-order valence-electron chi connectivity index (χ3n) is 11.0. The number of benzene rings is 8. The molecule has 3 nitrogen and oxygen atoms in total. The van der Waals surface area contributed by atoms with Gasteiger partial charge in [-0.3, -0.25) is 0 Å². The Balaban J connectivity index is 1.30. The van der Waals surface area contributed by atoms with Crippen molar-refractivity contribution in [2.24, 2.45) is 0 Å².